The minimum Gasteiger partial charge on any atom is -0.493 e. The Bertz CT molecular complexity index is 619. The van der Waals surface area contributed by atoms with Gasteiger partial charge in [0.25, 0.3) is 0 Å². The van der Waals surface area contributed by atoms with Gasteiger partial charge in [0.2, 0.25) is 0 Å². The van der Waals surface area contributed by atoms with Crippen molar-refractivity contribution in [3.8, 4) is 11.5 Å². The predicted octanol–water partition coefficient (Wildman–Crippen LogP) is 2.32. The normalized spacial score (nSPS) is 11.8. The Morgan fingerprint density at radius 3 is 2.44 bits per heavy atom. The lowest BCUT2D eigenvalue weighted by atomic mass is 10.1. The summed E-state index contributed by atoms with van der Waals surface area (Å²) in [6.07, 6.45) is 0. The molecule has 0 unspecified atom stereocenters. The Labute approximate surface area is 108 Å². The number of thiophene rings is 1. The summed E-state index contributed by atoms with van der Waals surface area (Å²) in [7, 11) is 3.18. The average molecular weight is 266 g/mol. The minimum absolute atomic E-state index is 0.117. The van der Waals surface area contributed by atoms with E-state index < -0.39 is 0 Å². The van der Waals surface area contributed by atoms with Gasteiger partial charge in [-0.25, -0.2) is 0 Å². The van der Waals surface area contributed by atoms with Crippen molar-refractivity contribution in [2.45, 2.75) is 6.92 Å². The molecule has 1 aromatic carbocycles. The fourth-order valence-corrected chi connectivity index (χ4v) is 2.95. The number of fused-ring (bicyclic) bond motifs is 1. The standard InChI is InChI=1S/C12H14N2O3S/c1-6-7-4-8(16-2)9(17-3)5-10(7)18-11(6)12(13)14-15/h4-5,15H,1-3H3,(H2,13,14). The van der Waals surface area contributed by atoms with E-state index in [-0.39, 0.29) is 5.84 Å². The molecule has 2 rings (SSSR count). The number of rotatable bonds is 3. The van der Waals surface area contributed by atoms with Crippen molar-refractivity contribution >= 4 is 27.3 Å². The van der Waals surface area contributed by atoms with E-state index >= 15 is 0 Å². The van der Waals surface area contributed by atoms with Crippen LogP contribution in [0.25, 0.3) is 10.1 Å². The van der Waals surface area contributed by atoms with Crippen molar-refractivity contribution in [3.63, 3.8) is 0 Å². The van der Waals surface area contributed by atoms with Crippen molar-refractivity contribution in [2.75, 3.05) is 14.2 Å². The van der Waals surface area contributed by atoms with Gasteiger partial charge in [0, 0.05) is 16.2 Å². The smallest absolute Gasteiger partial charge is 0.180 e. The highest BCUT2D eigenvalue weighted by Gasteiger charge is 2.15. The van der Waals surface area contributed by atoms with Gasteiger partial charge in [-0.15, -0.1) is 11.3 Å². The number of nitrogens with zero attached hydrogens (tertiary/aromatic N) is 1. The second-order valence-corrected chi connectivity index (χ2v) is 4.80. The van der Waals surface area contributed by atoms with Crippen LogP contribution >= 0.6 is 11.3 Å². The first-order valence-corrected chi connectivity index (χ1v) is 6.07. The van der Waals surface area contributed by atoms with Gasteiger partial charge in [-0.05, 0) is 18.6 Å². The van der Waals surface area contributed by atoms with Crippen LogP contribution in [0.2, 0.25) is 0 Å². The SMILES string of the molecule is COc1cc2sc(/C(N)=N\O)c(C)c2cc1OC. The molecular weight excluding hydrogens is 252 g/mol. The van der Waals surface area contributed by atoms with Crippen LogP contribution in [-0.2, 0) is 0 Å². The number of aryl methyl sites for hydroxylation is 1. The second kappa shape index (κ2) is 4.73. The zero-order valence-corrected chi connectivity index (χ0v) is 11.2. The summed E-state index contributed by atoms with van der Waals surface area (Å²) in [4.78, 5) is 0.753. The minimum atomic E-state index is 0.117. The van der Waals surface area contributed by atoms with Crippen molar-refractivity contribution < 1.29 is 14.7 Å². The van der Waals surface area contributed by atoms with Crippen molar-refractivity contribution in [1.82, 2.24) is 0 Å². The average Bonchev–Trinajstić information content (AvgIpc) is 2.73. The third kappa shape index (κ3) is 1.84. The van der Waals surface area contributed by atoms with Crippen molar-refractivity contribution in [2.24, 2.45) is 10.9 Å². The molecule has 0 bridgehead atoms. The number of hydrogen-bond acceptors (Lipinski definition) is 5. The molecule has 2 aromatic rings. The van der Waals surface area contributed by atoms with Gasteiger partial charge in [0.05, 0.1) is 19.1 Å². The van der Waals surface area contributed by atoms with Crippen LogP contribution in [0.15, 0.2) is 17.3 Å². The van der Waals surface area contributed by atoms with Gasteiger partial charge in [-0.1, -0.05) is 5.16 Å². The van der Waals surface area contributed by atoms with Gasteiger partial charge < -0.3 is 20.4 Å². The van der Waals surface area contributed by atoms with E-state index in [1.54, 1.807) is 14.2 Å². The largest absolute Gasteiger partial charge is 0.493 e. The fourth-order valence-electron chi connectivity index (χ4n) is 1.84. The number of oxime groups is 1. The molecule has 1 heterocycles. The van der Waals surface area contributed by atoms with Gasteiger partial charge >= 0.3 is 0 Å². The highest BCUT2D eigenvalue weighted by molar-refractivity contribution is 7.21. The number of hydrogen-bond donors (Lipinski definition) is 2. The summed E-state index contributed by atoms with van der Waals surface area (Å²) in [5, 5.41) is 12.8. The Balaban J connectivity index is 2.73. The third-order valence-electron chi connectivity index (χ3n) is 2.78. The molecule has 0 aliphatic carbocycles. The summed E-state index contributed by atoms with van der Waals surface area (Å²) < 4.78 is 11.5. The highest BCUT2D eigenvalue weighted by atomic mass is 32.1. The van der Waals surface area contributed by atoms with Crippen molar-refractivity contribution in [1.29, 1.82) is 0 Å². The lowest BCUT2D eigenvalue weighted by Crippen LogP contribution is -2.12. The Morgan fingerprint density at radius 1 is 1.28 bits per heavy atom. The summed E-state index contributed by atoms with van der Waals surface area (Å²) in [5.41, 5.74) is 6.61. The molecule has 0 atom stereocenters. The Kier molecular flexibility index (Phi) is 3.29. The number of amidine groups is 1. The zero-order chi connectivity index (χ0) is 13.3. The predicted molar refractivity (Wildman–Crippen MR) is 72.2 cm³/mol. The lowest BCUT2D eigenvalue weighted by Gasteiger charge is -2.07. The van der Waals surface area contributed by atoms with Crippen LogP contribution in [0.4, 0.5) is 0 Å². The first-order valence-electron chi connectivity index (χ1n) is 5.25. The van der Waals surface area contributed by atoms with E-state index in [0.717, 1.165) is 20.5 Å². The lowest BCUT2D eigenvalue weighted by molar-refractivity contribution is 0.319. The maximum atomic E-state index is 8.76. The van der Waals surface area contributed by atoms with Crippen LogP contribution in [0.5, 0.6) is 11.5 Å². The zero-order valence-electron chi connectivity index (χ0n) is 10.4. The Hall–Kier alpha value is -1.95. The number of nitrogens with two attached hydrogens (primary N) is 1. The molecule has 0 aliphatic rings. The number of ether oxygens (including phenoxy) is 2. The highest BCUT2D eigenvalue weighted by Crippen LogP contribution is 2.38. The van der Waals surface area contributed by atoms with E-state index in [1.165, 1.54) is 11.3 Å². The van der Waals surface area contributed by atoms with Crippen LogP contribution in [0, 0.1) is 6.92 Å². The monoisotopic (exact) mass is 266 g/mol. The number of methoxy groups -OCH3 is 2. The molecule has 18 heavy (non-hydrogen) atoms. The molecule has 0 aliphatic heterocycles. The molecule has 0 fully saturated rings. The number of benzene rings is 1. The maximum absolute atomic E-state index is 8.76. The van der Waals surface area contributed by atoms with Crippen LogP contribution < -0.4 is 15.2 Å². The molecule has 3 N–H and O–H groups in total. The molecule has 96 valence electrons. The van der Waals surface area contributed by atoms with Crippen LogP contribution in [0.3, 0.4) is 0 Å². The molecule has 1 aromatic heterocycles. The quantitative estimate of drug-likeness (QED) is 0.387. The fraction of sp³-hybridized carbons (Fsp3) is 0.250. The molecule has 0 saturated carbocycles. The van der Waals surface area contributed by atoms with E-state index in [2.05, 4.69) is 5.16 Å². The van der Waals surface area contributed by atoms with E-state index in [1.807, 2.05) is 19.1 Å². The van der Waals surface area contributed by atoms with Crippen molar-refractivity contribution in [3.05, 3.63) is 22.6 Å². The van der Waals surface area contributed by atoms with Crippen LogP contribution in [-0.4, -0.2) is 25.3 Å². The summed E-state index contributed by atoms with van der Waals surface area (Å²) in [6, 6.07) is 3.79. The molecular formula is C12H14N2O3S. The summed E-state index contributed by atoms with van der Waals surface area (Å²) in [5.74, 6) is 1.45. The van der Waals surface area contributed by atoms with Gasteiger partial charge in [-0.3, -0.25) is 0 Å². The Morgan fingerprint density at radius 2 is 1.89 bits per heavy atom. The molecule has 0 radical (unpaired) electrons. The van der Waals surface area contributed by atoms with E-state index in [9.17, 15) is 0 Å². The van der Waals surface area contributed by atoms with Crippen LogP contribution in [0.1, 0.15) is 10.4 Å². The third-order valence-corrected chi connectivity index (χ3v) is 4.06. The van der Waals surface area contributed by atoms with Gasteiger partial charge in [0.1, 0.15) is 0 Å². The van der Waals surface area contributed by atoms with Gasteiger partial charge in [0.15, 0.2) is 17.3 Å². The molecule has 0 spiro atoms. The van der Waals surface area contributed by atoms with Gasteiger partial charge in [-0.2, -0.15) is 0 Å². The van der Waals surface area contributed by atoms with E-state index in [0.29, 0.717) is 11.5 Å². The first kappa shape index (κ1) is 12.5. The molecule has 5 nitrogen and oxygen atoms in total. The van der Waals surface area contributed by atoms with E-state index in [4.69, 9.17) is 20.4 Å². The topological polar surface area (TPSA) is 77.1 Å². The maximum Gasteiger partial charge on any atom is 0.180 e. The molecule has 0 amide bonds. The second-order valence-electron chi connectivity index (χ2n) is 3.74. The first-order chi connectivity index (χ1) is 8.62. The summed E-state index contributed by atoms with van der Waals surface area (Å²) in [6.45, 7) is 1.93. The molecule has 0 saturated heterocycles. The summed E-state index contributed by atoms with van der Waals surface area (Å²) >= 11 is 1.45. The molecule has 6 heteroatoms.